The van der Waals surface area contributed by atoms with Gasteiger partial charge in [-0.3, -0.25) is 24.0 Å². The number of hydrogen-bond acceptors (Lipinski definition) is 9. The van der Waals surface area contributed by atoms with Crippen molar-refractivity contribution in [1.29, 1.82) is 0 Å². The zero-order chi connectivity index (χ0) is 27.9. The second-order valence-electron chi connectivity index (χ2n) is 7.44. The fourth-order valence-corrected chi connectivity index (χ4v) is 2.59. The lowest BCUT2D eigenvalue weighted by atomic mass is 10.1. The van der Waals surface area contributed by atoms with Crippen LogP contribution in [0.2, 0.25) is 0 Å². The third kappa shape index (κ3) is 19.2. The van der Waals surface area contributed by atoms with Crippen molar-refractivity contribution < 1.29 is 52.9 Å². The zero-order valence-electron chi connectivity index (χ0n) is 20.4. The van der Waals surface area contributed by atoms with Crippen LogP contribution in [0.15, 0.2) is 0 Å². The largest absolute Gasteiger partial charge is 0.481 e. The van der Waals surface area contributed by atoms with E-state index in [1.807, 2.05) is 0 Å². The molecule has 0 aliphatic heterocycles. The van der Waals surface area contributed by atoms with E-state index >= 15 is 0 Å². The predicted molar refractivity (Wildman–Crippen MR) is 125 cm³/mol. The number of nitrogens with one attached hydrogen (secondary N) is 2. The number of amides is 2. The Balaban J connectivity index is 4.41. The Hall–Kier alpha value is -3.65. The first-order valence-electron chi connectivity index (χ1n) is 11.4. The summed E-state index contributed by atoms with van der Waals surface area (Å²) in [5.41, 5.74) is 22.5. The fraction of sp³-hybridized carbons (Fsp3) is 0.667. The third-order valence-corrected chi connectivity index (χ3v) is 4.50. The van der Waals surface area contributed by atoms with Crippen LogP contribution in [0.3, 0.4) is 0 Å². The Kier molecular flexibility index (Phi) is 19.5. The van der Waals surface area contributed by atoms with Gasteiger partial charge in [-0.1, -0.05) is 0 Å². The maximum atomic E-state index is 12.5. The van der Waals surface area contributed by atoms with E-state index < -0.39 is 41.4 Å². The lowest BCUT2D eigenvalue weighted by Crippen LogP contribution is -2.52. The lowest BCUT2D eigenvalue weighted by molar-refractivity contribution is -0.138. The number of ketones is 2. The van der Waals surface area contributed by atoms with E-state index in [9.17, 15) is 24.0 Å². The van der Waals surface area contributed by atoms with E-state index in [0.29, 0.717) is 12.4 Å². The van der Waals surface area contributed by atoms with E-state index in [1.54, 1.807) is 0 Å². The van der Waals surface area contributed by atoms with Crippen LogP contribution in [0.25, 0.3) is 11.1 Å². The van der Waals surface area contributed by atoms with Gasteiger partial charge in [-0.2, -0.15) is 9.58 Å². The Morgan fingerprint density at radius 2 is 1.30 bits per heavy atom. The summed E-state index contributed by atoms with van der Waals surface area (Å²) >= 11 is 0. The van der Waals surface area contributed by atoms with E-state index in [0.717, 1.165) is 0 Å². The van der Waals surface area contributed by atoms with Crippen molar-refractivity contribution in [2.45, 2.75) is 44.2 Å². The van der Waals surface area contributed by atoms with Gasteiger partial charge in [0, 0.05) is 19.4 Å². The zero-order valence-corrected chi connectivity index (χ0v) is 20.4. The van der Waals surface area contributed by atoms with E-state index in [2.05, 4.69) is 20.2 Å². The van der Waals surface area contributed by atoms with E-state index in [-0.39, 0.29) is 78.3 Å². The first-order valence-corrected chi connectivity index (χ1v) is 11.4. The van der Waals surface area contributed by atoms with Gasteiger partial charge in [0.1, 0.15) is 6.04 Å². The molecule has 5 N–H and O–H groups in total. The van der Waals surface area contributed by atoms with Crippen LogP contribution < -0.4 is 16.4 Å². The fourth-order valence-electron chi connectivity index (χ4n) is 2.59. The molecule has 2 amide bonds. The number of nitrogens with two attached hydrogens (primary N) is 1. The Labute approximate surface area is 213 Å². The molecule has 0 heterocycles. The number of ether oxygens (including phenoxy) is 3. The maximum Gasteiger partial charge on any atom is 0.323 e. The molecule has 2 atom stereocenters. The molecular weight excluding hydrogens is 494 g/mol. The summed E-state index contributed by atoms with van der Waals surface area (Å²) < 4.78 is 15.6. The molecule has 0 fully saturated rings. The first-order chi connectivity index (χ1) is 17.7. The van der Waals surface area contributed by atoms with Gasteiger partial charge in [-0.15, -0.1) is 0 Å². The number of carbonyl (C=O) groups excluding carboxylic acids is 4. The molecule has 0 radical (unpaired) electrons. The van der Waals surface area contributed by atoms with Crippen LogP contribution in [0.5, 0.6) is 0 Å². The van der Waals surface area contributed by atoms with E-state index in [4.69, 9.17) is 36.1 Å². The second kappa shape index (κ2) is 21.6. The molecule has 0 bridgehead atoms. The van der Waals surface area contributed by atoms with Gasteiger partial charge >= 0.3 is 18.4 Å². The summed E-state index contributed by atoms with van der Waals surface area (Å²) in [6.45, 7) is 1.34. The molecule has 16 heteroatoms. The number of nitrogens with zero attached hydrogens (tertiary/aromatic N) is 4. The molecule has 0 aliphatic carbocycles. The number of carboxylic acid groups (broad SMARTS) is 1. The molecule has 0 aromatic rings. The smallest absolute Gasteiger partial charge is 0.323 e. The summed E-state index contributed by atoms with van der Waals surface area (Å²) in [6, 6.07) is -2.26. The van der Waals surface area contributed by atoms with Crippen molar-refractivity contribution in [3.05, 3.63) is 11.1 Å². The first kappa shape index (κ1) is 33.4. The normalized spacial score (nSPS) is 11.8. The quantitative estimate of drug-likeness (QED) is 0.0479. The van der Waals surface area contributed by atoms with Crippen molar-refractivity contribution in [2.75, 3.05) is 46.2 Å². The Morgan fingerprint density at radius 3 is 1.84 bits per heavy atom. The van der Waals surface area contributed by atoms with Gasteiger partial charge in [-0.25, -0.2) is 0 Å². The summed E-state index contributed by atoms with van der Waals surface area (Å²) in [4.78, 5) is 63.4. The van der Waals surface area contributed by atoms with Crippen molar-refractivity contribution in [2.24, 2.45) is 5.73 Å². The second-order valence-corrected chi connectivity index (χ2v) is 7.44. The number of carbonyl (C=O) groups is 5. The number of aliphatic carboxylic acids is 1. The minimum Gasteiger partial charge on any atom is -0.481 e. The van der Waals surface area contributed by atoms with Crippen molar-refractivity contribution >= 4 is 41.8 Å². The molecule has 0 saturated carbocycles. The SMILES string of the molecule is [N-]=[N+]=CC(=O)CC[C@H](NC(=O)[C@@H](N)CCC(=O)C=[N+]=[N-])C(=O)NCCOCCOCCOCCC(=O)O. The van der Waals surface area contributed by atoms with Gasteiger partial charge in [0.15, 0.2) is 0 Å². The monoisotopic (exact) mass is 527 g/mol. The highest BCUT2D eigenvalue weighted by molar-refractivity contribution is 6.25. The Morgan fingerprint density at radius 1 is 0.784 bits per heavy atom. The van der Waals surface area contributed by atoms with Crippen molar-refractivity contribution in [3.8, 4) is 0 Å². The molecular formula is C21H33N7O9. The maximum absolute atomic E-state index is 12.5. The van der Waals surface area contributed by atoms with Crippen LogP contribution in [0.4, 0.5) is 0 Å². The van der Waals surface area contributed by atoms with Crippen molar-refractivity contribution in [1.82, 2.24) is 10.6 Å². The summed E-state index contributed by atoms with van der Waals surface area (Å²) in [6.07, 6.45) is 0.760. The molecule has 16 nitrogen and oxygen atoms in total. The van der Waals surface area contributed by atoms with Crippen LogP contribution >= 0.6 is 0 Å². The standard InChI is InChI=1S/C21H33N7O9/c22-17(3-1-15(29)13-26-23)20(33)28-18(4-2-16(30)14-27-24)21(34)25-6-8-36-10-12-37-11-9-35-7-5-19(31)32/h13-14,17-18H,1-12,22H2,(H,25,34)(H,28,33)(H,31,32)/t17-,18-/m0/s1. The average Bonchev–Trinajstić information content (AvgIpc) is 2.85. The summed E-state index contributed by atoms with van der Waals surface area (Å²) in [5, 5.41) is 13.5. The highest BCUT2D eigenvalue weighted by Gasteiger charge is 2.25. The molecule has 0 saturated heterocycles. The molecule has 37 heavy (non-hydrogen) atoms. The molecule has 0 rings (SSSR count). The van der Waals surface area contributed by atoms with Gasteiger partial charge in [-0.05, 0) is 12.8 Å². The van der Waals surface area contributed by atoms with Crippen LogP contribution in [-0.4, -0.2) is 115 Å². The highest BCUT2D eigenvalue weighted by atomic mass is 16.5. The number of hydrogen-bond donors (Lipinski definition) is 4. The topological polar surface area (TPSA) is 256 Å². The van der Waals surface area contributed by atoms with Gasteiger partial charge in [0.25, 0.3) is 0 Å². The van der Waals surface area contributed by atoms with Gasteiger partial charge in [0.05, 0.1) is 52.1 Å². The van der Waals surface area contributed by atoms with Gasteiger partial charge in [0.2, 0.25) is 23.4 Å². The van der Waals surface area contributed by atoms with E-state index in [1.165, 1.54) is 0 Å². The molecule has 0 aliphatic rings. The Bertz CT molecular complexity index is 855. The predicted octanol–water partition coefficient (Wildman–Crippen LogP) is -2.26. The lowest BCUT2D eigenvalue weighted by Gasteiger charge is -2.20. The van der Waals surface area contributed by atoms with Crippen LogP contribution in [0.1, 0.15) is 32.1 Å². The molecule has 0 aromatic heterocycles. The molecule has 0 unspecified atom stereocenters. The molecule has 0 spiro atoms. The number of rotatable bonds is 23. The average molecular weight is 528 g/mol. The summed E-state index contributed by atoms with van der Waals surface area (Å²) in [5.74, 6) is -3.37. The highest BCUT2D eigenvalue weighted by Crippen LogP contribution is 2.02. The van der Waals surface area contributed by atoms with Gasteiger partial charge < -0.3 is 46.7 Å². The molecule has 206 valence electrons. The minimum absolute atomic E-state index is 0.0640. The number of carboxylic acids is 1. The van der Waals surface area contributed by atoms with Crippen molar-refractivity contribution in [3.63, 3.8) is 0 Å². The van der Waals surface area contributed by atoms with Crippen LogP contribution in [0, 0.1) is 0 Å². The minimum atomic E-state index is -1.13. The molecule has 0 aromatic carbocycles. The van der Waals surface area contributed by atoms with Crippen LogP contribution in [-0.2, 0) is 38.2 Å². The third-order valence-electron chi connectivity index (χ3n) is 4.50. The number of Topliss-reactive ketones (excluding diaryl/α,β-unsaturated/α-hetero) is 2. The summed E-state index contributed by atoms with van der Waals surface area (Å²) in [7, 11) is 0.